The minimum atomic E-state index is -3.78. The summed E-state index contributed by atoms with van der Waals surface area (Å²) in [6.45, 7) is 5.18. The number of aryl methyl sites for hydroxylation is 2. The van der Waals surface area contributed by atoms with Crippen molar-refractivity contribution in [3.05, 3.63) is 65.7 Å². The number of sulfonamides is 1. The van der Waals surface area contributed by atoms with E-state index >= 15 is 0 Å². The molecule has 3 rings (SSSR count). The van der Waals surface area contributed by atoms with Crippen molar-refractivity contribution in [1.82, 2.24) is 10.1 Å². The van der Waals surface area contributed by atoms with Crippen LogP contribution in [0.5, 0.6) is 0 Å². The fraction of sp³-hybridized carbons (Fsp3) is 0.222. The van der Waals surface area contributed by atoms with Crippen LogP contribution in [0.2, 0.25) is 0 Å². The van der Waals surface area contributed by atoms with Gasteiger partial charge in [-0.25, -0.2) is 13.4 Å². The number of nitrogens with one attached hydrogen (secondary N) is 2. The van der Waals surface area contributed by atoms with Gasteiger partial charge in [-0.3, -0.25) is 4.72 Å². The normalized spacial score (nSPS) is 12.6. The quantitative estimate of drug-likeness (QED) is 0.685. The molecule has 0 fully saturated rings. The van der Waals surface area contributed by atoms with Crippen molar-refractivity contribution in [3.8, 4) is 0 Å². The third-order valence-corrected chi connectivity index (χ3v) is 5.54. The molecule has 0 aliphatic carbocycles. The summed E-state index contributed by atoms with van der Waals surface area (Å²) in [6.07, 6.45) is 1.47. The number of pyridine rings is 1. The number of hydrogen-bond acceptors (Lipinski definition) is 6. The third kappa shape index (κ3) is 3.85. The second kappa shape index (κ2) is 7.17. The fourth-order valence-electron chi connectivity index (χ4n) is 2.65. The van der Waals surface area contributed by atoms with Crippen LogP contribution >= 0.6 is 0 Å². The van der Waals surface area contributed by atoms with Crippen molar-refractivity contribution in [2.45, 2.75) is 31.7 Å². The van der Waals surface area contributed by atoms with Crippen molar-refractivity contribution in [2.24, 2.45) is 0 Å². The predicted molar refractivity (Wildman–Crippen MR) is 99.5 cm³/mol. The smallest absolute Gasteiger partial charge is 0.267 e. The van der Waals surface area contributed by atoms with Crippen LogP contribution < -0.4 is 10.0 Å². The van der Waals surface area contributed by atoms with Gasteiger partial charge in [0.2, 0.25) is 0 Å². The Hall–Kier alpha value is -2.87. The summed E-state index contributed by atoms with van der Waals surface area (Å²) in [5, 5.41) is 6.96. The van der Waals surface area contributed by atoms with Gasteiger partial charge in [0.1, 0.15) is 11.5 Å². The molecule has 0 bridgehead atoms. The predicted octanol–water partition coefficient (Wildman–Crippen LogP) is 3.66. The van der Waals surface area contributed by atoms with E-state index in [2.05, 4.69) is 20.2 Å². The van der Waals surface area contributed by atoms with E-state index in [0.717, 1.165) is 5.56 Å². The van der Waals surface area contributed by atoms with Gasteiger partial charge in [-0.15, -0.1) is 0 Å². The van der Waals surface area contributed by atoms with E-state index in [1.54, 1.807) is 26.0 Å². The van der Waals surface area contributed by atoms with E-state index in [1.165, 1.54) is 6.20 Å². The first kappa shape index (κ1) is 17.9. The Morgan fingerprint density at radius 3 is 2.38 bits per heavy atom. The number of anilines is 2. The standard InChI is InChI=1S/C18H20N4O3S/c1-12(15-7-5-4-6-8-15)20-17-10-9-16(11-19-17)22-26(23,24)18-13(2)21-25-14(18)3/h4-12,22H,1-3H3,(H,19,20). The average molecular weight is 372 g/mol. The summed E-state index contributed by atoms with van der Waals surface area (Å²) in [7, 11) is -3.78. The van der Waals surface area contributed by atoms with Crippen molar-refractivity contribution in [3.63, 3.8) is 0 Å². The SMILES string of the molecule is Cc1noc(C)c1S(=O)(=O)Nc1ccc(NC(C)c2ccccc2)nc1. The monoisotopic (exact) mass is 372 g/mol. The first-order valence-electron chi connectivity index (χ1n) is 8.10. The van der Waals surface area contributed by atoms with Gasteiger partial charge < -0.3 is 9.84 Å². The molecule has 0 aliphatic heterocycles. The second-order valence-electron chi connectivity index (χ2n) is 5.97. The van der Waals surface area contributed by atoms with Crippen LogP contribution in [0.3, 0.4) is 0 Å². The Bertz CT molecular complexity index is 964. The number of benzene rings is 1. The molecule has 0 amide bonds. The number of rotatable bonds is 6. The Kier molecular flexibility index (Phi) is 4.94. The van der Waals surface area contributed by atoms with Crippen LogP contribution in [0.15, 0.2) is 58.1 Å². The zero-order valence-corrected chi connectivity index (χ0v) is 15.5. The zero-order valence-electron chi connectivity index (χ0n) is 14.7. The van der Waals surface area contributed by atoms with Gasteiger partial charge in [-0.1, -0.05) is 35.5 Å². The lowest BCUT2D eigenvalue weighted by Gasteiger charge is -2.15. The molecule has 0 saturated carbocycles. The molecule has 0 saturated heterocycles. The number of nitrogens with zero attached hydrogens (tertiary/aromatic N) is 2. The average Bonchev–Trinajstić information content (AvgIpc) is 2.96. The summed E-state index contributed by atoms with van der Waals surface area (Å²) in [4.78, 5) is 4.33. The van der Waals surface area contributed by atoms with E-state index < -0.39 is 10.0 Å². The van der Waals surface area contributed by atoms with Crippen molar-refractivity contribution in [2.75, 3.05) is 10.0 Å². The molecule has 1 unspecified atom stereocenters. The Balaban J connectivity index is 1.72. The highest BCUT2D eigenvalue weighted by molar-refractivity contribution is 7.92. The van der Waals surface area contributed by atoms with Crippen LogP contribution in [0.25, 0.3) is 0 Å². The molecule has 26 heavy (non-hydrogen) atoms. The van der Waals surface area contributed by atoms with Gasteiger partial charge >= 0.3 is 0 Å². The summed E-state index contributed by atoms with van der Waals surface area (Å²) in [5.41, 5.74) is 1.82. The van der Waals surface area contributed by atoms with Gasteiger partial charge in [0.05, 0.1) is 11.9 Å². The minimum Gasteiger partial charge on any atom is -0.364 e. The third-order valence-electron chi connectivity index (χ3n) is 3.92. The molecular weight excluding hydrogens is 352 g/mol. The number of hydrogen-bond donors (Lipinski definition) is 2. The van der Waals surface area contributed by atoms with Gasteiger partial charge in [-0.05, 0) is 38.5 Å². The number of aromatic nitrogens is 2. The maximum Gasteiger partial charge on any atom is 0.267 e. The van der Waals surface area contributed by atoms with E-state index in [1.807, 2.05) is 37.3 Å². The molecule has 0 spiro atoms. The molecule has 3 aromatic rings. The molecule has 2 aromatic heterocycles. The van der Waals surface area contributed by atoms with Crippen molar-refractivity contribution < 1.29 is 12.9 Å². The van der Waals surface area contributed by atoms with Crippen LogP contribution in [-0.4, -0.2) is 18.6 Å². The van der Waals surface area contributed by atoms with E-state index in [0.29, 0.717) is 17.2 Å². The largest absolute Gasteiger partial charge is 0.364 e. The van der Waals surface area contributed by atoms with Gasteiger partial charge in [0, 0.05) is 6.04 Å². The molecule has 8 heteroatoms. The van der Waals surface area contributed by atoms with Gasteiger partial charge in [0.15, 0.2) is 10.7 Å². The highest BCUT2D eigenvalue weighted by atomic mass is 32.2. The zero-order chi connectivity index (χ0) is 18.7. The first-order chi connectivity index (χ1) is 12.4. The summed E-state index contributed by atoms with van der Waals surface area (Å²) in [6, 6.07) is 13.4. The summed E-state index contributed by atoms with van der Waals surface area (Å²) >= 11 is 0. The van der Waals surface area contributed by atoms with Crippen molar-refractivity contribution in [1.29, 1.82) is 0 Å². The van der Waals surface area contributed by atoms with E-state index in [-0.39, 0.29) is 16.7 Å². The Morgan fingerprint density at radius 1 is 1.08 bits per heavy atom. The molecule has 2 N–H and O–H groups in total. The lowest BCUT2D eigenvalue weighted by atomic mass is 10.1. The first-order valence-corrected chi connectivity index (χ1v) is 9.58. The molecule has 0 radical (unpaired) electrons. The van der Waals surface area contributed by atoms with Crippen LogP contribution in [-0.2, 0) is 10.0 Å². The lowest BCUT2D eigenvalue weighted by Crippen LogP contribution is -2.15. The maximum atomic E-state index is 12.5. The van der Waals surface area contributed by atoms with Crippen LogP contribution in [0.4, 0.5) is 11.5 Å². The van der Waals surface area contributed by atoms with Gasteiger partial charge in [-0.2, -0.15) is 0 Å². The molecule has 0 aliphatic rings. The lowest BCUT2D eigenvalue weighted by molar-refractivity contribution is 0.390. The molecule has 1 aromatic carbocycles. The molecule has 136 valence electrons. The van der Waals surface area contributed by atoms with Gasteiger partial charge in [0.25, 0.3) is 10.0 Å². The Labute approximate surface area is 152 Å². The Morgan fingerprint density at radius 2 is 1.81 bits per heavy atom. The van der Waals surface area contributed by atoms with E-state index in [9.17, 15) is 8.42 Å². The van der Waals surface area contributed by atoms with E-state index in [4.69, 9.17) is 4.52 Å². The molecule has 2 heterocycles. The summed E-state index contributed by atoms with van der Waals surface area (Å²) < 4.78 is 32.4. The highest BCUT2D eigenvalue weighted by Gasteiger charge is 2.24. The highest BCUT2D eigenvalue weighted by Crippen LogP contribution is 2.23. The molecular formula is C18H20N4O3S. The van der Waals surface area contributed by atoms with Crippen LogP contribution in [0, 0.1) is 13.8 Å². The summed E-state index contributed by atoms with van der Waals surface area (Å²) in [5.74, 6) is 0.902. The minimum absolute atomic E-state index is 0.0531. The fourth-order valence-corrected chi connectivity index (χ4v) is 4.03. The maximum absolute atomic E-state index is 12.5. The van der Waals surface area contributed by atoms with Crippen LogP contribution in [0.1, 0.15) is 30.0 Å². The molecule has 7 nitrogen and oxygen atoms in total. The second-order valence-corrected chi connectivity index (χ2v) is 7.59. The van der Waals surface area contributed by atoms with Crippen molar-refractivity contribution >= 4 is 21.5 Å². The molecule has 1 atom stereocenters. The topological polar surface area (TPSA) is 97.1 Å².